The van der Waals surface area contributed by atoms with Crippen LogP contribution in [0.4, 0.5) is 0 Å². The Morgan fingerprint density at radius 1 is 1.28 bits per heavy atom. The first-order valence-corrected chi connectivity index (χ1v) is 8.39. The van der Waals surface area contributed by atoms with Gasteiger partial charge in [0.15, 0.2) is 5.17 Å². The number of amidine groups is 1. The van der Waals surface area contributed by atoms with E-state index >= 15 is 0 Å². The number of rotatable bonds is 5. The van der Waals surface area contributed by atoms with Crippen molar-refractivity contribution in [2.45, 2.75) is 57.2 Å². The Kier molecular flexibility index (Phi) is 5.83. The maximum Gasteiger partial charge on any atom is 0.157 e. The lowest BCUT2D eigenvalue weighted by molar-refractivity contribution is 0.207. The molecule has 0 aromatic heterocycles. The lowest BCUT2D eigenvalue weighted by Crippen LogP contribution is -2.44. The van der Waals surface area contributed by atoms with E-state index in [1.165, 1.54) is 56.9 Å². The van der Waals surface area contributed by atoms with Gasteiger partial charge in [-0.25, -0.2) is 0 Å². The van der Waals surface area contributed by atoms with Crippen molar-refractivity contribution in [3.05, 3.63) is 0 Å². The third kappa shape index (κ3) is 4.16. The quantitative estimate of drug-likeness (QED) is 0.831. The smallest absolute Gasteiger partial charge is 0.157 e. The highest BCUT2D eigenvalue weighted by molar-refractivity contribution is 8.14. The molecule has 2 aliphatic rings. The third-order valence-electron chi connectivity index (χ3n) is 3.78. The van der Waals surface area contributed by atoms with Gasteiger partial charge in [0.1, 0.15) is 0 Å². The number of likely N-dealkylation sites (tertiary alicyclic amines) is 1. The predicted octanol–water partition coefficient (Wildman–Crippen LogP) is 2.72. The molecule has 1 atom stereocenters. The minimum atomic E-state index is 0.657. The zero-order chi connectivity index (χ0) is 12.8. The average Bonchev–Trinajstić information content (AvgIpc) is 2.80. The SMILES string of the molecule is CCCC1CN=C(NC2CCN(CCC)CC2)S1. The Balaban J connectivity index is 1.66. The van der Waals surface area contributed by atoms with Crippen LogP contribution in [0.15, 0.2) is 4.99 Å². The predicted molar refractivity (Wildman–Crippen MR) is 81.5 cm³/mol. The first-order valence-electron chi connectivity index (χ1n) is 7.51. The van der Waals surface area contributed by atoms with Crippen molar-refractivity contribution in [3.8, 4) is 0 Å². The first-order chi connectivity index (χ1) is 8.81. The van der Waals surface area contributed by atoms with Crippen LogP contribution in [0.2, 0.25) is 0 Å². The fourth-order valence-corrected chi connectivity index (χ4v) is 3.96. The second kappa shape index (κ2) is 7.39. The fourth-order valence-electron chi connectivity index (χ4n) is 2.76. The summed E-state index contributed by atoms with van der Waals surface area (Å²) in [5.74, 6) is 0. The number of thioether (sulfide) groups is 1. The van der Waals surface area contributed by atoms with Gasteiger partial charge in [-0.05, 0) is 32.2 Å². The molecule has 4 heteroatoms. The van der Waals surface area contributed by atoms with Crippen molar-refractivity contribution in [2.75, 3.05) is 26.2 Å². The normalized spacial score (nSPS) is 26.3. The van der Waals surface area contributed by atoms with Gasteiger partial charge in [-0.15, -0.1) is 0 Å². The highest BCUT2D eigenvalue weighted by Crippen LogP contribution is 2.24. The molecular formula is C14H27N3S. The van der Waals surface area contributed by atoms with Gasteiger partial charge >= 0.3 is 0 Å². The van der Waals surface area contributed by atoms with Gasteiger partial charge in [0, 0.05) is 24.4 Å². The van der Waals surface area contributed by atoms with Crippen molar-refractivity contribution in [1.82, 2.24) is 10.2 Å². The van der Waals surface area contributed by atoms with E-state index in [-0.39, 0.29) is 0 Å². The van der Waals surface area contributed by atoms with E-state index in [2.05, 4.69) is 29.1 Å². The highest BCUT2D eigenvalue weighted by atomic mass is 32.2. The van der Waals surface area contributed by atoms with Crippen molar-refractivity contribution in [1.29, 1.82) is 0 Å². The molecule has 18 heavy (non-hydrogen) atoms. The monoisotopic (exact) mass is 269 g/mol. The van der Waals surface area contributed by atoms with Gasteiger partial charge in [0.05, 0.1) is 6.54 Å². The molecule has 1 unspecified atom stereocenters. The van der Waals surface area contributed by atoms with E-state index < -0.39 is 0 Å². The summed E-state index contributed by atoms with van der Waals surface area (Å²) in [6.07, 6.45) is 6.40. The van der Waals surface area contributed by atoms with Crippen LogP contribution in [-0.4, -0.2) is 47.5 Å². The number of aliphatic imine (C=N–C) groups is 1. The molecule has 0 saturated carbocycles. The van der Waals surface area contributed by atoms with Gasteiger partial charge in [0.2, 0.25) is 0 Å². The van der Waals surface area contributed by atoms with E-state index in [1.807, 2.05) is 11.8 Å². The Morgan fingerprint density at radius 3 is 2.72 bits per heavy atom. The number of hydrogen-bond donors (Lipinski definition) is 1. The molecular weight excluding hydrogens is 242 g/mol. The lowest BCUT2D eigenvalue weighted by atomic mass is 10.1. The van der Waals surface area contributed by atoms with Gasteiger partial charge in [-0.3, -0.25) is 4.99 Å². The average molecular weight is 269 g/mol. The Hall–Kier alpha value is -0.220. The molecule has 0 aromatic carbocycles. The van der Waals surface area contributed by atoms with Crippen LogP contribution >= 0.6 is 11.8 Å². The minimum Gasteiger partial charge on any atom is -0.362 e. The molecule has 0 spiro atoms. The fraction of sp³-hybridized carbons (Fsp3) is 0.929. The zero-order valence-corrected chi connectivity index (χ0v) is 12.6. The topological polar surface area (TPSA) is 27.6 Å². The molecule has 2 aliphatic heterocycles. The number of hydrogen-bond acceptors (Lipinski definition) is 4. The minimum absolute atomic E-state index is 0.657. The van der Waals surface area contributed by atoms with Crippen LogP contribution < -0.4 is 5.32 Å². The maximum absolute atomic E-state index is 4.64. The van der Waals surface area contributed by atoms with Gasteiger partial charge in [0.25, 0.3) is 0 Å². The summed E-state index contributed by atoms with van der Waals surface area (Å²) in [7, 11) is 0. The molecule has 0 aliphatic carbocycles. The third-order valence-corrected chi connectivity index (χ3v) is 4.97. The van der Waals surface area contributed by atoms with Gasteiger partial charge in [-0.2, -0.15) is 0 Å². The van der Waals surface area contributed by atoms with E-state index in [9.17, 15) is 0 Å². The van der Waals surface area contributed by atoms with Crippen molar-refractivity contribution in [3.63, 3.8) is 0 Å². The molecule has 104 valence electrons. The standard InChI is InChI=1S/C14H27N3S/c1-3-5-13-11-15-14(18-13)16-12-6-9-17(8-4-2)10-7-12/h12-13H,3-11H2,1-2H3,(H,15,16). The van der Waals surface area contributed by atoms with E-state index in [0.29, 0.717) is 6.04 Å². The Morgan fingerprint density at radius 2 is 2.06 bits per heavy atom. The van der Waals surface area contributed by atoms with Crippen LogP contribution in [0.5, 0.6) is 0 Å². The molecule has 3 nitrogen and oxygen atoms in total. The van der Waals surface area contributed by atoms with Crippen LogP contribution in [-0.2, 0) is 0 Å². The number of nitrogens with zero attached hydrogens (tertiary/aromatic N) is 2. The van der Waals surface area contributed by atoms with E-state index in [4.69, 9.17) is 0 Å². The summed E-state index contributed by atoms with van der Waals surface area (Å²) in [6, 6.07) is 0.657. The van der Waals surface area contributed by atoms with Crippen LogP contribution in [0.3, 0.4) is 0 Å². The number of piperidine rings is 1. The molecule has 0 aromatic rings. The first kappa shape index (κ1) is 14.2. The summed E-state index contributed by atoms with van der Waals surface area (Å²) >= 11 is 1.97. The van der Waals surface area contributed by atoms with Gasteiger partial charge in [-0.1, -0.05) is 32.0 Å². The lowest BCUT2D eigenvalue weighted by Gasteiger charge is -2.32. The Bertz CT molecular complexity index is 272. The molecule has 2 rings (SSSR count). The van der Waals surface area contributed by atoms with E-state index in [1.54, 1.807) is 0 Å². The highest BCUT2D eigenvalue weighted by Gasteiger charge is 2.23. The number of nitrogens with one attached hydrogen (secondary N) is 1. The zero-order valence-electron chi connectivity index (χ0n) is 11.8. The van der Waals surface area contributed by atoms with Crippen molar-refractivity contribution >= 4 is 16.9 Å². The largest absolute Gasteiger partial charge is 0.362 e. The van der Waals surface area contributed by atoms with Crippen LogP contribution in [0.1, 0.15) is 46.0 Å². The molecule has 0 amide bonds. The summed E-state index contributed by atoms with van der Waals surface area (Å²) in [6.45, 7) is 9.32. The molecule has 1 N–H and O–H groups in total. The van der Waals surface area contributed by atoms with Gasteiger partial charge < -0.3 is 10.2 Å². The summed E-state index contributed by atoms with van der Waals surface area (Å²) in [5.41, 5.74) is 0. The molecule has 2 heterocycles. The summed E-state index contributed by atoms with van der Waals surface area (Å²) < 4.78 is 0. The van der Waals surface area contributed by atoms with Crippen molar-refractivity contribution < 1.29 is 0 Å². The molecule has 1 fully saturated rings. The molecule has 0 radical (unpaired) electrons. The molecule has 0 bridgehead atoms. The molecule has 1 saturated heterocycles. The van der Waals surface area contributed by atoms with Crippen LogP contribution in [0, 0.1) is 0 Å². The summed E-state index contributed by atoms with van der Waals surface area (Å²) in [4.78, 5) is 7.23. The maximum atomic E-state index is 4.64. The Labute approximate surface area is 116 Å². The van der Waals surface area contributed by atoms with Crippen LogP contribution in [0.25, 0.3) is 0 Å². The second-order valence-electron chi connectivity index (χ2n) is 5.43. The van der Waals surface area contributed by atoms with E-state index in [0.717, 1.165) is 11.8 Å². The second-order valence-corrected chi connectivity index (χ2v) is 6.72. The van der Waals surface area contributed by atoms with Crippen molar-refractivity contribution in [2.24, 2.45) is 4.99 Å². The summed E-state index contributed by atoms with van der Waals surface area (Å²) in [5, 5.41) is 5.60.